The molecule has 4 aromatic rings. The first-order valence-electron chi connectivity index (χ1n) is 10.8. The van der Waals surface area contributed by atoms with Crippen LogP contribution in [0.2, 0.25) is 0 Å². The Morgan fingerprint density at radius 2 is 1.59 bits per heavy atom. The molecule has 4 rings (SSSR count). The predicted molar refractivity (Wildman–Crippen MR) is 129 cm³/mol. The van der Waals surface area contributed by atoms with Gasteiger partial charge in [0.25, 0.3) is 0 Å². The molecule has 0 radical (unpaired) electrons. The molecule has 3 aromatic carbocycles. The monoisotopic (exact) mass is 459 g/mol. The number of para-hydroxylation sites is 2. The van der Waals surface area contributed by atoms with E-state index in [1.165, 1.54) is 0 Å². The fourth-order valence-corrected chi connectivity index (χ4v) is 3.73. The molecule has 0 bridgehead atoms. The Kier molecular flexibility index (Phi) is 6.82. The Labute approximate surface area is 196 Å². The van der Waals surface area contributed by atoms with Crippen LogP contribution in [0, 0.1) is 6.92 Å². The van der Waals surface area contributed by atoms with Crippen molar-refractivity contribution in [3.05, 3.63) is 99.8 Å². The molecule has 0 aliphatic heterocycles. The highest BCUT2D eigenvalue weighted by Crippen LogP contribution is 2.27. The fourth-order valence-electron chi connectivity index (χ4n) is 3.73. The van der Waals surface area contributed by atoms with Crippen LogP contribution in [-0.2, 0) is 25.1 Å². The van der Waals surface area contributed by atoms with E-state index in [-0.39, 0.29) is 18.6 Å². The molecule has 1 aromatic heterocycles. The maximum Gasteiger partial charge on any atom is 0.341 e. The maximum absolute atomic E-state index is 12.4. The molecule has 0 aliphatic carbocycles. The van der Waals surface area contributed by atoms with Crippen LogP contribution in [0.1, 0.15) is 16.8 Å². The molecule has 0 spiro atoms. The Hall–Kier alpha value is -4.26. The van der Waals surface area contributed by atoms with Crippen LogP contribution in [0.5, 0.6) is 17.2 Å². The summed E-state index contributed by atoms with van der Waals surface area (Å²) in [6, 6.07) is 21.9. The van der Waals surface area contributed by atoms with Crippen molar-refractivity contribution in [1.29, 1.82) is 0 Å². The number of rotatable bonds is 9. The van der Waals surface area contributed by atoms with Crippen molar-refractivity contribution in [2.24, 2.45) is 7.05 Å². The van der Waals surface area contributed by atoms with Gasteiger partial charge in [0.1, 0.15) is 30.5 Å². The first kappa shape index (κ1) is 22.9. The van der Waals surface area contributed by atoms with Crippen molar-refractivity contribution >= 4 is 16.9 Å². The number of hydrogen-bond donors (Lipinski definition) is 1. The number of aryl methyl sites for hydroxylation is 2. The first-order valence-corrected chi connectivity index (χ1v) is 10.8. The molecular formula is C27H25NO6. The van der Waals surface area contributed by atoms with E-state index in [4.69, 9.17) is 19.3 Å². The Balaban J connectivity index is 1.45. The average Bonchev–Trinajstić information content (AvgIpc) is 2.83. The van der Waals surface area contributed by atoms with Gasteiger partial charge < -0.3 is 23.9 Å². The molecule has 0 amide bonds. The number of aromatic nitrogens is 1. The maximum atomic E-state index is 12.4. The zero-order valence-electron chi connectivity index (χ0n) is 19.0. The van der Waals surface area contributed by atoms with Crippen LogP contribution in [0.4, 0.5) is 0 Å². The van der Waals surface area contributed by atoms with E-state index in [1.54, 1.807) is 12.1 Å². The number of carbonyl (C=O) groups is 1. The number of fused-ring (bicyclic) bond motifs is 1. The van der Waals surface area contributed by atoms with E-state index in [1.807, 2.05) is 79.2 Å². The highest BCUT2D eigenvalue weighted by molar-refractivity contribution is 5.79. The smallest absolute Gasteiger partial charge is 0.341 e. The quantitative estimate of drug-likeness (QED) is 0.397. The molecule has 1 N–H and O–H groups in total. The van der Waals surface area contributed by atoms with Gasteiger partial charge in [0.15, 0.2) is 12.0 Å². The van der Waals surface area contributed by atoms with E-state index in [2.05, 4.69) is 0 Å². The summed E-state index contributed by atoms with van der Waals surface area (Å²) in [6.45, 7) is 1.87. The second-order valence-electron chi connectivity index (χ2n) is 7.87. The van der Waals surface area contributed by atoms with Crippen LogP contribution in [0.15, 0.2) is 77.6 Å². The van der Waals surface area contributed by atoms with Crippen LogP contribution >= 0.6 is 0 Å². The van der Waals surface area contributed by atoms with Crippen molar-refractivity contribution in [2.45, 2.75) is 20.1 Å². The van der Waals surface area contributed by atoms with Gasteiger partial charge in [-0.1, -0.05) is 36.4 Å². The molecule has 0 saturated carbocycles. The second-order valence-corrected chi connectivity index (χ2v) is 7.87. The van der Waals surface area contributed by atoms with Gasteiger partial charge in [-0.05, 0) is 36.8 Å². The number of pyridine rings is 1. The van der Waals surface area contributed by atoms with Gasteiger partial charge in [-0.3, -0.25) is 4.79 Å². The predicted octanol–water partition coefficient (Wildman–Crippen LogP) is 4.47. The van der Waals surface area contributed by atoms with Crippen LogP contribution < -0.4 is 19.6 Å². The summed E-state index contributed by atoms with van der Waals surface area (Å²) in [6.07, 6.45) is 0. The Morgan fingerprint density at radius 1 is 0.882 bits per heavy atom. The molecule has 0 fully saturated rings. The highest BCUT2D eigenvalue weighted by Gasteiger charge is 2.11. The van der Waals surface area contributed by atoms with Gasteiger partial charge in [-0.2, -0.15) is 0 Å². The lowest BCUT2D eigenvalue weighted by Gasteiger charge is -2.15. The number of nitrogens with zero attached hydrogens (tertiary/aromatic N) is 1. The lowest BCUT2D eigenvalue weighted by Crippen LogP contribution is -2.13. The molecule has 7 heteroatoms. The molecular weight excluding hydrogens is 434 g/mol. The summed E-state index contributed by atoms with van der Waals surface area (Å²) in [5.74, 6) is 0.665. The minimum Gasteiger partial charge on any atom is -0.489 e. The standard InChI is InChI=1S/C27H25NO6/c1-18-7-5-8-19(27(18)34-17-26(30)31)15-32-21-9-6-10-22(14-21)33-16-20-13-25(29)23-11-3-4-12-24(23)28(20)2/h3-14H,15-17H2,1-2H3,(H,30,31). The number of carboxylic acids is 1. The van der Waals surface area contributed by atoms with Gasteiger partial charge in [0.2, 0.25) is 0 Å². The molecule has 7 nitrogen and oxygen atoms in total. The van der Waals surface area contributed by atoms with E-state index in [0.717, 1.165) is 22.3 Å². The van der Waals surface area contributed by atoms with Gasteiger partial charge in [0.05, 0.1) is 11.2 Å². The van der Waals surface area contributed by atoms with E-state index >= 15 is 0 Å². The molecule has 1 heterocycles. The Morgan fingerprint density at radius 3 is 2.35 bits per heavy atom. The fraction of sp³-hybridized carbons (Fsp3) is 0.185. The highest BCUT2D eigenvalue weighted by atomic mass is 16.5. The van der Waals surface area contributed by atoms with Gasteiger partial charge in [0, 0.05) is 30.1 Å². The van der Waals surface area contributed by atoms with Crippen molar-refractivity contribution < 1.29 is 24.1 Å². The van der Waals surface area contributed by atoms with Crippen molar-refractivity contribution in [3.63, 3.8) is 0 Å². The summed E-state index contributed by atoms with van der Waals surface area (Å²) in [7, 11) is 1.91. The average molecular weight is 459 g/mol. The number of benzene rings is 3. The zero-order chi connectivity index (χ0) is 24.1. The molecule has 0 aliphatic rings. The van der Waals surface area contributed by atoms with Gasteiger partial charge >= 0.3 is 5.97 Å². The third-order valence-electron chi connectivity index (χ3n) is 5.48. The van der Waals surface area contributed by atoms with Crippen LogP contribution in [0.3, 0.4) is 0 Å². The minimum absolute atomic E-state index is 0.0385. The number of hydrogen-bond acceptors (Lipinski definition) is 5. The van der Waals surface area contributed by atoms with Crippen LogP contribution in [-0.4, -0.2) is 22.2 Å². The molecule has 0 saturated heterocycles. The second kappa shape index (κ2) is 10.1. The largest absolute Gasteiger partial charge is 0.489 e. The number of aliphatic carboxylic acids is 1. The zero-order valence-corrected chi connectivity index (χ0v) is 19.0. The van der Waals surface area contributed by atoms with E-state index in [0.29, 0.717) is 22.6 Å². The summed E-state index contributed by atoms with van der Waals surface area (Å²) >= 11 is 0. The van der Waals surface area contributed by atoms with Gasteiger partial charge in [-0.25, -0.2) is 4.79 Å². The molecule has 174 valence electrons. The summed E-state index contributed by atoms with van der Waals surface area (Å²) in [5, 5.41) is 9.60. The third kappa shape index (κ3) is 5.20. The van der Waals surface area contributed by atoms with Crippen molar-refractivity contribution in [1.82, 2.24) is 4.57 Å². The van der Waals surface area contributed by atoms with E-state index in [9.17, 15) is 9.59 Å². The lowest BCUT2D eigenvalue weighted by molar-refractivity contribution is -0.139. The topological polar surface area (TPSA) is 87.0 Å². The summed E-state index contributed by atoms with van der Waals surface area (Å²) < 4.78 is 19.3. The molecule has 34 heavy (non-hydrogen) atoms. The summed E-state index contributed by atoms with van der Waals surface area (Å²) in [5.41, 5.74) is 3.15. The van der Waals surface area contributed by atoms with Crippen molar-refractivity contribution in [3.8, 4) is 17.2 Å². The molecule has 0 unspecified atom stereocenters. The van der Waals surface area contributed by atoms with E-state index < -0.39 is 12.6 Å². The summed E-state index contributed by atoms with van der Waals surface area (Å²) in [4.78, 5) is 23.3. The Bertz CT molecular complexity index is 1390. The third-order valence-corrected chi connectivity index (χ3v) is 5.48. The first-order chi connectivity index (χ1) is 16.4. The van der Waals surface area contributed by atoms with Crippen molar-refractivity contribution in [2.75, 3.05) is 6.61 Å². The number of ether oxygens (including phenoxy) is 3. The van der Waals surface area contributed by atoms with Gasteiger partial charge in [-0.15, -0.1) is 0 Å². The lowest BCUT2D eigenvalue weighted by atomic mass is 10.1. The number of carboxylic acid groups (broad SMARTS) is 1. The minimum atomic E-state index is -1.04. The van der Waals surface area contributed by atoms with Crippen LogP contribution in [0.25, 0.3) is 10.9 Å². The molecule has 0 atom stereocenters. The normalized spacial score (nSPS) is 10.8. The SMILES string of the molecule is Cc1cccc(COc2cccc(OCc3cc(=O)c4ccccc4n3C)c2)c1OCC(=O)O.